The van der Waals surface area contributed by atoms with Crippen LogP contribution in [-0.4, -0.2) is 69.6 Å². The Kier molecular flexibility index (Phi) is 9.31. The van der Waals surface area contributed by atoms with Gasteiger partial charge in [0.1, 0.15) is 11.8 Å². The van der Waals surface area contributed by atoms with Gasteiger partial charge in [0.15, 0.2) is 0 Å². The van der Waals surface area contributed by atoms with E-state index in [-0.39, 0.29) is 17.9 Å². The van der Waals surface area contributed by atoms with Gasteiger partial charge in [0.25, 0.3) is 5.56 Å². The van der Waals surface area contributed by atoms with Crippen LogP contribution in [0.25, 0.3) is 11.3 Å². The highest BCUT2D eigenvalue weighted by Gasteiger charge is 2.23. The van der Waals surface area contributed by atoms with Crippen molar-refractivity contribution < 1.29 is 14.3 Å². The molecule has 2 aliphatic rings. The highest BCUT2D eigenvalue weighted by Crippen LogP contribution is 2.29. The molecular formula is C29H45N5O4. The van der Waals surface area contributed by atoms with Gasteiger partial charge in [-0.05, 0) is 71.9 Å². The number of aromatic nitrogens is 3. The van der Waals surface area contributed by atoms with Crippen LogP contribution in [0.4, 0.5) is 4.79 Å². The average molecular weight is 528 g/mol. The zero-order valence-electron chi connectivity index (χ0n) is 23.8. The zero-order valence-corrected chi connectivity index (χ0v) is 23.8. The fraction of sp³-hybridized carbons (Fsp3) is 0.690. The van der Waals surface area contributed by atoms with Crippen LogP contribution in [0.2, 0.25) is 0 Å². The molecule has 1 aliphatic carbocycles. The first-order valence-electron chi connectivity index (χ1n) is 14.1. The summed E-state index contributed by atoms with van der Waals surface area (Å²) < 4.78 is 15.2. The first-order valence-corrected chi connectivity index (χ1v) is 14.1. The van der Waals surface area contributed by atoms with Crippen molar-refractivity contribution in [1.82, 2.24) is 24.1 Å². The standard InChI is InChI=1S/C29H45N5O4/c1-29(2,3)38-28(36)32(5)16-15-31(4)20-24-21-34(26-12-8-9-17-37-26)30-27(24)23-13-14-33(25(35)18-23)19-22-10-6-7-11-22/h13-14,18,21-22,26H,6-12,15-17,19-20H2,1-5H3. The number of hydrogen-bond acceptors (Lipinski definition) is 6. The molecule has 210 valence electrons. The molecule has 1 saturated carbocycles. The van der Waals surface area contributed by atoms with E-state index in [1.807, 2.05) is 49.3 Å². The summed E-state index contributed by atoms with van der Waals surface area (Å²) in [6, 6.07) is 3.74. The first kappa shape index (κ1) is 28.4. The molecule has 0 aromatic carbocycles. The van der Waals surface area contributed by atoms with Gasteiger partial charge in [-0.25, -0.2) is 9.48 Å². The van der Waals surface area contributed by atoms with Gasteiger partial charge in [-0.3, -0.25) is 4.79 Å². The molecule has 1 atom stereocenters. The van der Waals surface area contributed by atoms with Gasteiger partial charge in [-0.1, -0.05) is 12.8 Å². The molecule has 1 aliphatic heterocycles. The second-order valence-electron chi connectivity index (χ2n) is 12.0. The monoisotopic (exact) mass is 527 g/mol. The molecular weight excluding hydrogens is 482 g/mol. The summed E-state index contributed by atoms with van der Waals surface area (Å²) in [5, 5.41) is 4.93. The number of pyridine rings is 1. The Morgan fingerprint density at radius 3 is 2.53 bits per heavy atom. The topological polar surface area (TPSA) is 81.8 Å². The lowest BCUT2D eigenvalue weighted by Crippen LogP contribution is -2.38. The Balaban J connectivity index is 1.49. The maximum Gasteiger partial charge on any atom is 0.410 e. The largest absolute Gasteiger partial charge is 0.444 e. The number of carbonyl (C=O) groups excluding carboxylic acids is 1. The van der Waals surface area contributed by atoms with Crippen LogP contribution in [0.3, 0.4) is 0 Å². The van der Waals surface area contributed by atoms with Crippen LogP contribution >= 0.6 is 0 Å². The third-order valence-corrected chi connectivity index (χ3v) is 7.42. The quantitative estimate of drug-likeness (QED) is 0.461. The Labute approximate surface area is 226 Å². The molecule has 2 fully saturated rings. The van der Waals surface area contributed by atoms with Crippen LogP contribution < -0.4 is 5.56 Å². The van der Waals surface area contributed by atoms with Crippen molar-refractivity contribution in [2.75, 3.05) is 33.8 Å². The van der Waals surface area contributed by atoms with E-state index in [0.29, 0.717) is 25.6 Å². The lowest BCUT2D eigenvalue weighted by Gasteiger charge is -2.26. The molecule has 2 aromatic heterocycles. The van der Waals surface area contributed by atoms with Gasteiger partial charge in [-0.15, -0.1) is 0 Å². The lowest BCUT2D eigenvalue weighted by molar-refractivity contribution is -0.0394. The maximum atomic E-state index is 13.0. The third kappa shape index (κ3) is 7.69. The molecule has 1 amide bonds. The Hall–Kier alpha value is -2.65. The highest BCUT2D eigenvalue weighted by atomic mass is 16.6. The van der Waals surface area contributed by atoms with Crippen LogP contribution in [0.5, 0.6) is 0 Å². The van der Waals surface area contributed by atoms with E-state index in [9.17, 15) is 9.59 Å². The number of amides is 1. The van der Waals surface area contributed by atoms with E-state index in [4.69, 9.17) is 14.6 Å². The van der Waals surface area contributed by atoms with Crippen LogP contribution in [0, 0.1) is 5.92 Å². The predicted octanol–water partition coefficient (Wildman–Crippen LogP) is 4.90. The van der Waals surface area contributed by atoms with Gasteiger partial charge in [0.2, 0.25) is 0 Å². The van der Waals surface area contributed by atoms with Crippen LogP contribution in [0.15, 0.2) is 29.3 Å². The smallest absolute Gasteiger partial charge is 0.410 e. The van der Waals surface area contributed by atoms with Crippen molar-refractivity contribution in [2.24, 2.45) is 5.92 Å². The fourth-order valence-electron chi connectivity index (χ4n) is 5.27. The van der Waals surface area contributed by atoms with E-state index in [1.165, 1.54) is 25.7 Å². The summed E-state index contributed by atoms with van der Waals surface area (Å²) >= 11 is 0. The molecule has 0 bridgehead atoms. The van der Waals surface area contributed by atoms with E-state index in [0.717, 1.165) is 49.2 Å². The Morgan fingerprint density at radius 1 is 1.13 bits per heavy atom. The van der Waals surface area contributed by atoms with Crippen molar-refractivity contribution in [3.63, 3.8) is 0 Å². The molecule has 0 spiro atoms. The summed E-state index contributed by atoms with van der Waals surface area (Å²) in [6.45, 7) is 8.98. The number of hydrogen-bond donors (Lipinski definition) is 0. The molecule has 0 radical (unpaired) electrons. The molecule has 1 saturated heterocycles. The number of carbonyl (C=O) groups is 1. The number of nitrogens with zero attached hydrogens (tertiary/aromatic N) is 5. The molecule has 2 aromatic rings. The first-order chi connectivity index (χ1) is 18.1. The summed E-state index contributed by atoms with van der Waals surface area (Å²) in [5.41, 5.74) is 2.19. The Morgan fingerprint density at radius 2 is 1.87 bits per heavy atom. The fourth-order valence-corrected chi connectivity index (χ4v) is 5.27. The molecule has 9 nitrogen and oxygen atoms in total. The average Bonchev–Trinajstić information content (AvgIpc) is 3.53. The zero-order chi connectivity index (χ0) is 27.3. The highest BCUT2D eigenvalue weighted by molar-refractivity contribution is 5.67. The van der Waals surface area contributed by atoms with E-state index in [2.05, 4.69) is 11.1 Å². The Bertz CT molecular complexity index is 1120. The van der Waals surface area contributed by atoms with Crippen LogP contribution in [0.1, 0.15) is 77.5 Å². The predicted molar refractivity (Wildman–Crippen MR) is 148 cm³/mol. The number of ether oxygens (including phenoxy) is 2. The van der Waals surface area contributed by atoms with Gasteiger partial charge >= 0.3 is 6.09 Å². The third-order valence-electron chi connectivity index (χ3n) is 7.42. The number of rotatable bonds is 9. The van der Waals surface area contributed by atoms with E-state index < -0.39 is 5.60 Å². The van der Waals surface area contributed by atoms with E-state index in [1.54, 1.807) is 18.0 Å². The van der Waals surface area contributed by atoms with Gasteiger partial charge in [0, 0.05) is 69.4 Å². The van der Waals surface area contributed by atoms with Crippen LogP contribution in [-0.2, 0) is 22.6 Å². The van der Waals surface area contributed by atoms with Gasteiger partial charge < -0.3 is 23.8 Å². The summed E-state index contributed by atoms with van der Waals surface area (Å²) in [7, 11) is 3.78. The van der Waals surface area contributed by atoms with Crippen molar-refractivity contribution in [3.8, 4) is 11.3 Å². The minimum absolute atomic E-state index is 0.0242. The molecule has 38 heavy (non-hydrogen) atoms. The lowest BCUT2D eigenvalue weighted by atomic mass is 10.1. The molecule has 0 N–H and O–H groups in total. The minimum Gasteiger partial charge on any atom is -0.444 e. The van der Waals surface area contributed by atoms with Crippen molar-refractivity contribution in [1.29, 1.82) is 0 Å². The second-order valence-corrected chi connectivity index (χ2v) is 12.0. The summed E-state index contributed by atoms with van der Waals surface area (Å²) in [4.78, 5) is 29.1. The van der Waals surface area contributed by atoms with Gasteiger partial charge in [-0.2, -0.15) is 5.10 Å². The van der Waals surface area contributed by atoms with E-state index >= 15 is 0 Å². The number of likely N-dealkylation sites (N-methyl/N-ethyl adjacent to an activating group) is 2. The van der Waals surface area contributed by atoms with Crippen molar-refractivity contribution in [2.45, 2.75) is 90.6 Å². The summed E-state index contributed by atoms with van der Waals surface area (Å²) in [6.07, 6.45) is 11.6. The second kappa shape index (κ2) is 12.5. The normalized spacial score (nSPS) is 18.7. The summed E-state index contributed by atoms with van der Waals surface area (Å²) in [5.74, 6) is 0.601. The van der Waals surface area contributed by atoms with Crippen molar-refractivity contribution in [3.05, 3.63) is 40.4 Å². The molecule has 1 unspecified atom stereocenters. The van der Waals surface area contributed by atoms with Gasteiger partial charge in [0.05, 0.1) is 5.69 Å². The van der Waals surface area contributed by atoms with Crippen molar-refractivity contribution >= 4 is 6.09 Å². The molecule has 3 heterocycles. The molecule has 9 heteroatoms. The minimum atomic E-state index is -0.521. The molecule has 4 rings (SSSR count). The maximum absolute atomic E-state index is 13.0. The SMILES string of the molecule is CN(CCN(C)C(=O)OC(C)(C)C)Cc1cn(C2CCCCO2)nc1-c1ccn(CC2CCCC2)c(=O)c1.